The average Bonchev–Trinajstić information content (AvgIpc) is 3.32. The molecule has 0 aliphatic heterocycles. The number of nitrogens with zero attached hydrogens (tertiary/aromatic N) is 1. The van der Waals surface area contributed by atoms with Gasteiger partial charge in [0.15, 0.2) is 0 Å². The van der Waals surface area contributed by atoms with E-state index in [9.17, 15) is 19.4 Å². The van der Waals surface area contributed by atoms with Crippen LogP contribution in [0.4, 0.5) is 0 Å². The quantitative estimate of drug-likeness (QED) is 0.0272. The number of hydrogen-bond donors (Lipinski definition) is 2. The Bertz CT molecular complexity index is 1150. The molecule has 3 atom stereocenters. The molecule has 0 rings (SSSR count). The van der Waals surface area contributed by atoms with Crippen molar-refractivity contribution in [1.29, 1.82) is 0 Å². The summed E-state index contributed by atoms with van der Waals surface area (Å²) in [6, 6.07) is -0.882. The molecule has 0 heterocycles. The molecular weight excluding hydrogens is 888 g/mol. The van der Waals surface area contributed by atoms with Crippen molar-refractivity contribution in [2.45, 2.75) is 334 Å². The highest BCUT2D eigenvalue weighted by atomic mass is 31.2. The van der Waals surface area contributed by atoms with Crippen LogP contribution >= 0.6 is 7.82 Å². The van der Waals surface area contributed by atoms with Gasteiger partial charge in [-0.05, 0) is 19.3 Å². The van der Waals surface area contributed by atoms with Gasteiger partial charge in [-0.2, -0.15) is 0 Å². The Labute approximate surface area is 437 Å². The molecule has 0 aliphatic carbocycles. The summed E-state index contributed by atoms with van der Waals surface area (Å²) in [6.45, 7) is 4.71. The van der Waals surface area contributed by atoms with E-state index in [2.05, 4.69) is 19.2 Å². The maximum atomic E-state index is 13.0. The Morgan fingerprint density at radius 1 is 0.486 bits per heavy atom. The van der Waals surface area contributed by atoms with Gasteiger partial charge in [-0.3, -0.25) is 9.36 Å². The van der Waals surface area contributed by atoms with Gasteiger partial charge < -0.3 is 28.8 Å². The van der Waals surface area contributed by atoms with Gasteiger partial charge in [0.2, 0.25) is 5.91 Å². The monoisotopic (exact) mass is 1010 g/mol. The van der Waals surface area contributed by atoms with Gasteiger partial charge in [-0.1, -0.05) is 309 Å². The third kappa shape index (κ3) is 55.0. The third-order valence-electron chi connectivity index (χ3n) is 14.5. The second-order valence-corrected chi connectivity index (χ2v) is 24.2. The topological polar surface area (TPSA) is 108 Å². The smallest absolute Gasteiger partial charge is 0.268 e. The molecule has 0 saturated heterocycles. The number of unbranched alkanes of at least 4 members (excludes halogenated alkanes) is 45. The van der Waals surface area contributed by atoms with E-state index in [1.165, 1.54) is 263 Å². The predicted octanol–water partition coefficient (Wildman–Crippen LogP) is 18.4. The number of rotatable bonds is 58. The molecule has 0 aromatic carbocycles. The Morgan fingerprint density at radius 2 is 0.771 bits per heavy atom. The zero-order valence-corrected chi connectivity index (χ0v) is 48.6. The van der Waals surface area contributed by atoms with Crippen molar-refractivity contribution in [3.8, 4) is 0 Å². The largest absolute Gasteiger partial charge is 0.756 e. The number of likely N-dealkylation sites (N-methyl/N-ethyl adjacent to an activating group) is 1. The van der Waals surface area contributed by atoms with Crippen LogP contribution in [-0.4, -0.2) is 68.5 Å². The number of quaternary nitrogens is 1. The van der Waals surface area contributed by atoms with Crippen LogP contribution in [0.25, 0.3) is 0 Å². The number of allylic oxidation sites excluding steroid dienone is 1. The highest BCUT2D eigenvalue weighted by molar-refractivity contribution is 7.45. The molecule has 2 N–H and O–H groups in total. The van der Waals surface area contributed by atoms with Crippen molar-refractivity contribution >= 4 is 13.7 Å². The number of aliphatic hydroxyl groups is 1. The average molecular weight is 1010 g/mol. The van der Waals surface area contributed by atoms with E-state index in [1.807, 2.05) is 27.2 Å². The van der Waals surface area contributed by atoms with Crippen LogP contribution in [0.5, 0.6) is 0 Å². The molecule has 0 radical (unpaired) electrons. The highest BCUT2D eigenvalue weighted by Gasteiger charge is 2.23. The number of amides is 1. The van der Waals surface area contributed by atoms with Gasteiger partial charge in [0, 0.05) is 6.42 Å². The first-order chi connectivity index (χ1) is 34.0. The van der Waals surface area contributed by atoms with Crippen molar-refractivity contribution < 1.29 is 32.9 Å². The predicted molar refractivity (Wildman–Crippen MR) is 302 cm³/mol. The Kier molecular flexibility index (Phi) is 52.5. The van der Waals surface area contributed by atoms with E-state index in [0.29, 0.717) is 17.4 Å². The number of aliphatic hydroxyl groups excluding tert-OH is 1. The van der Waals surface area contributed by atoms with Crippen LogP contribution in [0.1, 0.15) is 322 Å². The zero-order valence-electron chi connectivity index (χ0n) is 47.8. The van der Waals surface area contributed by atoms with E-state index in [4.69, 9.17) is 9.05 Å². The summed E-state index contributed by atoms with van der Waals surface area (Å²) in [4.78, 5) is 25.5. The number of carbonyl (C=O) groups excluding carboxylic acids is 1. The van der Waals surface area contributed by atoms with Crippen LogP contribution in [-0.2, 0) is 18.4 Å². The lowest BCUT2D eigenvalue weighted by Crippen LogP contribution is -2.45. The SMILES string of the molecule is CCCCCCCCCCCCCCCCCCCCCCCCCCC/C=C/C(O)C(COP(=O)([O-])OCC[N+](C)(C)C)NC(=O)CCCCCCCCCCCCCCCCCCCCCCC. The van der Waals surface area contributed by atoms with Crippen LogP contribution < -0.4 is 10.2 Å². The van der Waals surface area contributed by atoms with Crippen molar-refractivity contribution in [1.82, 2.24) is 5.32 Å². The lowest BCUT2D eigenvalue weighted by molar-refractivity contribution is -0.870. The molecule has 0 aliphatic rings. The zero-order chi connectivity index (χ0) is 51.3. The van der Waals surface area contributed by atoms with Crippen molar-refractivity contribution in [2.24, 2.45) is 0 Å². The number of nitrogens with one attached hydrogen (secondary N) is 1. The van der Waals surface area contributed by atoms with E-state index >= 15 is 0 Å². The number of hydrogen-bond acceptors (Lipinski definition) is 6. The summed E-state index contributed by atoms with van der Waals surface area (Å²) in [5.41, 5.74) is 0. The van der Waals surface area contributed by atoms with Gasteiger partial charge in [0.1, 0.15) is 13.2 Å². The van der Waals surface area contributed by atoms with Crippen molar-refractivity contribution in [2.75, 3.05) is 40.9 Å². The molecule has 0 aromatic rings. The lowest BCUT2D eigenvalue weighted by Gasteiger charge is -2.29. The lowest BCUT2D eigenvalue weighted by atomic mass is 10.0. The molecule has 418 valence electrons. The van der Waals surface area contributed by atoms with Gasteiger partial charge >= 0.3 is 0 Å². The summed E-state index contributed by atoms with van der Waals surface area (Å²) in [7, 11) is 1.28. The van der Waals surface area contributed by atoms with E-state index in [0.717, 1.165) is 38.5 Å². The highest BCUT2D eigenvalue weighted by Crippen LogP contribution is 2.38. The fraction of sp³-hybridized carbons (Fsp3) is 0.951. The number of phosphoric ester groups is 1. The van der Waals surface area contributed by atoms with E-state index in [-0.39, 0.29) is 19.1 Å². The van der Waals surface area contributed by atoms with Gasteiger partial charge in [0.25, 0.3) is 7.82 Å². The van der Waals surface area contributed by atoms with Gasteiger partial charge in [-0.15, -0.1) is 0 Å². The summed E-state index contributed by atoms with van der Waals surface area (Å²) in [6.07, 6.45) is 65.9. The summed E-state index contributed by atoms with van der Waals surface area (Å²) in [5, 5.41) is 13.9. The van der Waals surface area contributed by atoms with Crippen molar-refractivity contribution in [3.05, 3.63) is 12.2 Å². The second kappa shape index (κ2) is 53.1. The van der Waals surface area contributed by atoms with Crippen LogP contribution in [0.2, 0.25) is 0 Å². The summed E-state index contributed by atoms with van der Waals surface area (Å²) >= 11 is 0. The van der Waals surface area contributed by atoms with Gasteiger partial charge in [0.05, 0.1) is 39.9 Å². The minimum atomic E-state index is -4.59. The third-order valence-corrected chi connectivity index (χ3v) is 15.5. The maximum absolute atomic E-state index is 13.0. The second-order valence-electron chi connectivity index (χ2n) is 22.8. The van der Waals surface area contributed by atoms with E-state index in [1.54, 1.807) is 6.08 Å². The number of carbonyl (C=O) groups is 1. The molecule has 0 aromatic heterocycles. The minimum Gasteiger partial charge on any atom is -0.756 e. The number of phosphoric acid groups is 1. The Hall–Kier alpha value is -0.760. The van der Waals surface area contributed by atoms with E-state index < -0.39 is 20.0 Å². The van der Waals surface area contributed by atoms with Gasteiger partial charge in [-0.25, -0.2) is 0 Å². The molecule has 0 spiro atoms. The molecule has 0 saturated carbocycles. The molecular formula is C61H123N2O6P. The summed E-state index contributed by atoms with van der Waals surface area (Å²) in [5.74, 6) is -0.189. The molecule has 70 heavy (non-hydrogen) atoms. The maximum Gasteiger partial charge on any atom is 0.268 e. The standard InChI is InChI=1S/C61H123N2O6P/c1-6-8-10-12-14-16-18-20-22-24-26-28-29-30-31-32-33-35-36-38-40-42-44-46-48-50-52-54-60(64)59(58-69-70(66,67)68-57-56-63(3,4)5)62-61(65)55-53-51-49-47-45-43-41-39-37-34-27-25-23-21-19-17-15-13-11-9-7-2/h52,54,59-60,64H,6-51,53,55-58H2,1-5H3,(H-,62,65,66,67)/b54-52+. The fourth-order valence-electron chi connectivity index (χ4n) is 9.63. The molecule has 0 fully saturated rings. The fourth-order valence-corrected chi connectivity index (χ4v) is 10.4. The van der Waals surface area contributed by atoms with Crippen LogP contribution in [0.15, 0.2) is 12.2 Å². The van der Waals surface area contributed by atoms with Crippen LogP contribution in [0, 0.1) is 0 Å². The normalized spacial score (nSPS) is 13.9. The first-order valence-corrected chi connectivity index (χ1v) is 32.5. The molecule has 0 bridgehead atoms. The Morgan fingerprint density at radius 3 is 1.07 bits per heavy atom. The minimum absolute atomic E-state index is 0.00282. The molecule has 3 unspecified atom stereocenters. The first kappa shape index (κ1) is 69.2. The first-order valence-electron chi connectivity index (χ1n) is 31.1. The molecule has 9 heteroatoms. The summed E-state index contributed by atoms with van der Waals surface area (Å²) < 4.78 is 23.4. The van der Waals surface area contributed by atoms with Crippen LogP contribution in [0.3, 0.4) is 0 Å². The van der Waals surface area contributed by atoms with Crippen molar-refractivity contribution in [3.63, 3.8) is 0 Å². The molecule has 1 amide bonds. The molecule has 8 nitrogen and oxygen atoms in total. The Balaban J connectivity index is 4.12.